The standard InChI is InChI=1S/C18H21ClN2O4S/c1-25-17-7-4-3-6-16(17)20-18(22)8-5-13-21(26(2,23)24)15-11-9-14(19)10-12-15/h3-4,6-7,9-12H,5,8,13H2,1-2H3,(H,20,22). The fourth-order valence-electron chi connectivity index (χ4n) is 2.44. The van der Waals surface area contributed by atoms with E-state index >= 15 is 0 Å². The number of sulfonamides is 1. The van der Waals surface area contributed by atoms with Gasteiger partial charge in [0.1, 0.15) is 5.75 Å². The summed E-state index contributed by atoms with van der Waals surface area (Å²) in [6.07, 6.45) is 1.69. The Balaban J connectivity index is 1.97. The van der Waals surface area contributed by atoms with Gasteiger partial charge in [-0.05, 0) is 42.8 Å². The number of carbonyl (C=O) groups is 1. The van der Waals surface area contributed by atoms with Crippen molar-refractivity contribution in [3.05, 3.63) is 53.6 Å². The predicted octanol–water partition coefficient (Wildman–Crippen LogP) is 3.53. The molecule has 6 nitrogen and oxygen atoms in total. The molecule has 26 heavy (non-hydrogen) atoms. The van der Waals surface area contributed by atoms with Crippen LogP contribution in [0.4, 0.5) is 11.4 Å². The van der Waals surface area contributed by atoms with Gasteiger partial charge in [-0.25, -0.2) is 8.42 Å². The van der Waals surface area contributed by atoms with Crippen molar-refractivity contribution >= 4 is 38.9 Å². The smallest absolute Gasteiger partial charge is 0.232 e. The van der Waals surface area contributed by atoms with E-state index in [9.17, 15) is 13.2 Å². The highest BCUT2D eigenvalue weighted by molar-refractivity contribution is 7.92. The summed E-state index contributed by atoms with van der Waals surface area (Å²) in [5, 5.41) is 3.30. The van der Waals surface area contributed by atoms with Gasteiger partial charge in [-0.1, -0.05) is 23.7 Å². The van der Waals surface area contributed by atoms with Crippen LogP contribution in [0.1, 0.15) is 12.8 Å². The van der Waals surface area contributed by atoms with Crippen molar-refractivity contribution in [1.82, 2.24) is 0 Å². The van der Waals surface area contributed by atoms with E-state index in [0.29, 0.717) is 28.6 Å². The monoisotopic (exact) mass is 396 g/mol. The third-order valence-electron chi connectivity index (χ3n) is 3.66. The highest BCUT2D eigenvalue weighted by atomic mass is 35.5. The van der Waals surface area contributed by atoms with E-state index in [1.807, 2.05) is 6.07 Å². The minimum absolute atomic E-state index is 0.178. The molecule has 0 aliphatic heterocycles. The van der Waals surface area contributed by atoms with Crippen LogP contribution in [0.15, 0.2) is 48.5 Å². The van der Waals surface area contributed by atoms with Crippen molar-refractivity contribution < 1.29 is 17.9 Å². The number of carbonyl (C=O) groups excluding carboxylic acids is 1. The van der Waals surface area contributed by atoms with Gasteiger partial charge in [0.25, 0.3) is 0 Å². The summed E-state index contributed by atoms with van der Waals surface area (Å²) in [7, 11) is -1.93. The zero-order valence-electron chi connectivity index (χ0n) is 14.6. The van der Waals surface area contributed by atoms with E-state index in [2.05, 4.69) is 5.32 Å². The van der Waals surface area contributed by atoms with Crippen LogP contribution >= 0.6 is 11.6 Å². The first-order valence-corrected chi connectivity index (χ1v) is 10.2. The number of anilines is 2. The first-order chi connectivity index (χ1) is 12.3. The normalized spacial score (nSPS) is 11.0. The Labute approximate surface area is 158 Å². The third-order valence-corrected chi connectivity index (χ3v) is 5.11. The fourth-order valence-corrected chi connectivity index (χ4v) is 3.53. The van der Waals surface area contributed by atoms with Gasteiger partial charge >= 0.3 is 0 Å². The van der Waals surface area contributed by atoms with Crippen molar-refractivity contribution in [3.63, 3.8) is 0 Å². The Morgan fingerprint density at radius 3 is 2.42 bits per heavy atom. The van der Waals surface area contributed by atoms with E-state index in [0.717, 1.165) is 6.26 Å². The fraction of sp³-hybridized carbons (Fsp3) is 0.278. The lowest BCUT2D eigenvalue weighted by Crippen LogP contribution is -2.31. The molecule has 0 bridgehead atoms. The SMILES string of the molecule is COc1ccccc1NC(=O)CCCN(c1ccc(Cl)cc1)S(C)(=O)=O. The summed E-state index contributed by atoms with van der Waals surface area (Å²) >= 11 is 5.85. The van der Waals surface area contributed by atoms with Crippen molar-refractivity contribution in [2.45, 2.75) is 12.8 Å². The van der Waals surface area contributed by atoms with Gasteiger partial charge in [0, 0.05) is 18.0 Å². The van der Waals surface area contributed by atoms with E-state index < -0.39 is 10.0 Å². The summed E-state index contributed by atoms with van der Waals surface area (Å²) < 4.78 is 30.5. The van der Waals surface area contributed by atoms with Gasteiger partial charge in [-0.3, -0.25) is 9.10 Å². The number of benzene rings is 2. The maximum atomic E-state index is 12.1. The second-order valence-electron chi connectivity index (χ2n) is 5.66. The van der Waals surface area contributed by atoms with Crippen molar-refractivity contribution in [2.75, 3.05) is 29.5 Å². The Kier molecular flexibility index (Phi) is 6.88. The molecule has 0 saturated carbocycles. The molecular formula is C18H21ClN2O4S. The van der Waals surface area contributed by atoms with Crippen LogP contribution in [0.5, 0.6) is 5.75 Å². The summed E-state index contributed by atoms with van der Waals surface area (Å²) in [6, 6.07) is 13.6. The molecule has 1 amide bonds. The number of halogens is 1. The summed E-state index contributed by atoms with van der Waals surface area (Å²) in [4.78, 5) is 12.1. The lowest BCUT2D eigenvalue weighted by Gasteiger charge is -2.22. The maximum absolute atomic E-state index is 12.1. The minimum atomic E-state index is -3.46. The molecule has 2 rings (SSSR count). The molecule has 0 atom stereocenters. The number of para-hydroxylation sites is 2. The first-order valence-electron chi connectivity index (χ1n) is 7.97. The topological polar surface area (TPSA) is 75.7 Å². The highest BCUT2D eigenvalue weighted by Crippen LogP contribution is 2.24. The van der Waals surface area contributed by atoms with E-state index in [-0.39, 0.29) is 18.9 Å². The molecule has 0 unspecified atom stereocenters. The molecule has 0 heterocycles. The molecule has 0 fully saturated rings. The van der Waals surface area contributed by atoms with Crippen LogP contribution in [-0.4, -0.2) is 34.2 Å². The Morgan fingerprint density at radius 2 is 1.81 bits per heavy atom. The second-order valence-corrected chi connectivity index (χ2v) is 8.01. The number of hydrogen-bond acceptors (Lipinski definition) is 4. The quantitative estimate of drug-likeness (QED) is 0.740. The van der Waals surface area contributed by atoms with Crippen molar-refractivity contribution in [1.29, 1.82) is 0 Å². The number of amides is 1. The average Bonchev–Trinajstić information content (AvgIpc) is 2.59. The summed E-state index contributed by atoms with van der Waals surface area (Å²) in [6.45, 7) is 0.194. The number of rotatable bonds is 8. The number of ether oxygens (including phenoxy) is 1. The Hall–Kier alpha value is -2.25. The molecule has 0 aliphatic rings. The molecule has 0 aliphatic carbocycles. The van der Waals surface area contributed by atoms with Gasteiger partial charge in [0.15, 0.2) is 0 Å². The molecule has 0 aromatic heterocycles. The summed E-state index contributed by atoms with van der Waals surface area (Å²) in [5.41, 5.74) is 1.10. The van der Waals surface area contributed by atoms with Crippen LogP contribution in [0, 0.1) is 0 Å². The van der Waals surface area contributed by atoms with Crippen molar-refractivity contribution in [2.24, 2.45) is 0 Å². The second kappa shape index (κ2) is 8.91. The van der Waals surface area contributed by atoms with E-state index in [4.69, 9.17) is 16.3 Å². The van der Waals surface area contributed by atoms with Crippen molar-refractivity contribution in [3.8, 4) is 5.75 Å². The third kappa shape index (κ3) is 5.64. The first kappa shape index (κ1) is 20.1. The van der Waals surface area contributed by atoms with Gasteiger partial charge < -0.3 is 10.1 Å². The zero-order chi connectivity index (χ0) is 19.2. The van der Waals surface area contributed by atoms with Crippen LogP contribution in [0.3, 0.4) is 0 Å². The average molecular weight is 397 g/mol. The lowest BCUT2D eigenvalue weighted by atomic mass is 10.2. The molecule has 2 aromatic rings. The Morgan fingerprint density at radius 1 is 1.15 bits per heavy atom. The minimum Gasteiger partial charge on any atom is -0.495 e. The molecule has 0 radical (unpaired) electrons. The molecule has 8 heteroatoms. The lowest BCUT2D eigenvalue weighted by molar-refractivity contribution is -0.116. The highest BCUT2D eigenvalue weighted by Gasteiger charge is 2.17. The van der Waals surface area contributed by atoms with Crippen LogP contribution < -0.4 is 14.4 Å². The number of methoxy groups -OCH3 is 1. The number of hydrogen-bond donors (Lipinski definition) is 1. The van der Waals surface area contributed by atoms with Gasteiger partial charge in [0.2, 0.25) is 15.9 Å². The van der Waals surface area contributed by atoms with Crippen LogP contribution in [0.25, 0.3) is 0 Å². The summed E-state index contributed by atoms with van der Waals surface area (Å²) in [5.74, 6) is 0.360. The van der Waals surface area contributed by atoms with E-state index in [1.54, 1.807) is 42.5 Å². The van der Waals surface area contributed by atoms with Crippen LogP contribution in [-0.2, 0) is 14.8 Å². The predicted molar refractivity (Wildman–Crippen MR) is 104 cm³/mol. The Bertz CT molecular complexity index is 854. The molecular weight excluding hydrogens is 376 g/mol. The van der Waals surface area contributed by atoms with E-state index in [1.165, 1.54) is 11.4 Å². The molecule has 0 saturated heterocycles. The molecule has 0 spiro atoms. The zero-order valence-corrected chi connectivity index (χ0v) is 16.2. The largest absolute Gasteiger partial charge is 0.495 e. The number of nitrogens with one attached hydrogen (secondary N) is 1. The maximum Gasteiger partial charge on any atom is 0.232 e. The van der Waals surface area contributed by atoms with Gasteiger partial charge in [0.05, 0.1) is 24.7 Å². The van der Waals surface area contributed by atoms with Crippen LogP contribution in [0.2, 0.25) is 5.02 Å². The molecule has 140 valence electrons. The van der Waals surface area contributed by atoms with Gasteiger partial charge in [-0.15, -0.1) is 0 Å². The number of nitrogens with zero attached hydrogens (tertiary/aromatic N) is 1. The molecule has 2 aromatic carbocycles. The van der Waals surface area contributed by atoms with Gasteiger partial charge in [-0.2, -0.15) is 0 Å². The molecule has 1 N–H and O–H groups in total.